The first kappa shape index (κ1) is 18.9. The van der Waals surface area contributed by atoms with Crippen molar-refractivity contribution in [1.29, 1.82) is 0 Å². The van der Waals surface area contributed by atoms with Crippen LogP contribution in [0.2, 0.25) is 0 Å². The molecule has 1 N–H and O–H groups in total. The number of pyridine rings is 1. The van der Waals surface area contributed by atoms with Crippen molar-refractivity contribution in [1.82, 2.24) is 40.1 Å². The Kier molecular flexibility index (Phi) is 4.78. The maximum absolute atomic E-state index is 13.6. The lowest BCUT2D eigenvalue weighted by molar-refractivity contribution is 0.0929. The van der Waals surface area contributed by atoms with Crippen LogP contribution >= 0.6 is 11.3 Å². The molecule has 0 spiro atoms. The van der Waals surface area contributed by atoms with Crippen LogP contribution in [0.15, 0.2) is 30.7 Å². The second kappa shape index (κ2) is 7.60. The van der Waals surface area contributed by atoms with E-state index >= 15 is 0 Å². The second-order valence-corrected chi connectivity index (χ2v) is 9.02. The summed E-state index contributed by atoms with van der Waals surface area (Å²) in [5.41, 5.74) is 2.57. The van der Waals surface area contributed by atoms with E-state index in [2.05, 4.69) is 44.9 Å². The quantitative estimate of drug-likeness (QED) is 0.513. The van der Waals surface area contributed by atoms with Crippen molar-refractivity contribution in [2.45, 2.75) is 45.6 Å². The van der Waals surface area contributed by atoms with Crippen LogP contribution in [0.1, 0.15) is 59.4 Å². The summed E-state index contributed by atoms with van der Waals surface area (Å²) in [6, 6.07) is 5.52. The van der Waals surface area contributed by atoms with Crippen molar-refractivity contribution in [2.24, 2.45) is 5.92 Å². The first-order valence-corrected chi connectivity index (χ1v) is 10.9. The largest absolute Gasteiger partial charge is 0.342 e. The van der Waals surface area contributed by atoms with Crippen LogP contribution in [0.5, 0.6) is 0 Å². The van der Waals surface area contributed by atoms with Gasteiger partial charge in [-0.15, -0.1) is 26.6 Å². The molecule has 30 heavy (non-hydrogen) atoms. The highest BCUT2D eigenvalue weighted by Gasteiger charge is 2.30. The van der Waals surface area contributed by atoms with Crippen LogP contribution in [-0.2, 0) is 12.8 Å². The van der Waals surface area contributed by atoms with Crippen molar-refractivity contribution >= 4 is 22.9 Å². The molecule has 1 aliphatic rings. The predicted octanol–water partition coefficient (Wildman–Crippen LogP) is 2.77. The smallest absolute Gasteiger partial charge is 0.255 e. The summed E-state index contributed by atoms with van der Waals surface area (Å²) in [5, 5.41) is 24.2. The molecule has 154 valence electrons. The topological polar surface area (TPSA) is 103 Å². The number of aryl methyl sites for hydroxylation is 1. The summed E-state index contributed by atoms with van der Waals surface area (Å²) < 4.78 is 3.52. The van der Waals surface area contributed by atoms with Crippen LogP contribution in [0, 0.1) is 5.92 Å². The van der Waals surface area contributed by atoms with Gasteiger partial charge in [-0.3, -0.25) is 9.20 Å². The number of thiophene rings is 1. The van der Waals surface area contributed by atoms with Crippen molar-refractivity contribution in [3.8, 4) is 5.00 Å². The minimum Gasteiger partial charge on any atom is -0.342 e. The minimum atomic E-state index is -0.256. The van der Waals surface area contributed by atoms with Crippen molar-refractivity contribution in [2.75, 3.05) is 0 Å². The molecule has 0 radical (unpaired) electrons. The average Bonchev–Trinajstić information content (AvgIpc) is 3.49. The van der Waals surface area contributed by atoms with Gasteiger partial charge in [0, 0.05) is 11.1 Å². The number of nitrogens with one attached hydrogen (secondary N) is 1. The SMILES string of the molecule is CC(C)C[C@@H](NC(=O)c1c(-n2cnnn2)sc2c1CCC2)c1nnc2ccccn12. The first-order valence-electron chi connectivity index (χ1n) is 10.1. The van der Waals surface area contributed by atoms with Crippen LogP contribution in [0.4, 0.5) is 0 Å². The number of fused-ring (bicyclic) bond motifs is 2. The second-order valence-electron chi connectivity index (χ2n) is 7.93. The Bertz CT molecular complexity index is 1190. The lowest BCUT2D eigenvalue weighted by atomic mass is 10.0. The zero-order chi connectivity index (χ0) is 20.7. The summed E-state index contributed by atoms with van der Waals surface area (Å²) in [4.78, 5) is 14.8. The summed E-state index contributed by atoms with van der Waals surface area (Å²) >= 11 is 1.60. The Hall–Kier alpha value is -3.14. The van der Waals surface area contributed by atoms with Gasteiger partial charge in [0.2, 0.25) is 0 Å². The van der Waals surface area contributed by atoms with E-state index in [0.717, 1.165) is 47.7 Å². The molecule has 9 nitrogen and oxygen atoms in total. The molecule has 0 fully saturated rings. The van der Waals surface area contributed by atoms with E-state index in [-0.39, 0.29) is 11.9 Å². The fourth-order valence-corrected chi connectivity index (χ4v) is 5.37. The Morgan fingerprint density at radius 1 is 1.27 bits per heavy atom. The number of carbonyl (C=O) groups is 1. The molecule has 4 aromatic rings. The van der Waals surface area contributed by atoms with Crippen LogP contribution < -0.4 is 5.32 Å². The molecule has 1 atom stereocenters. The van der Waals surface area contributed by atoms with Gasteiger partial charge >= 0.3 is 0 Å². The standard InChI is InChI=1S/C20H22N8OS/c1-12(2)10-14(18-24-23-16-8-3-4-9-27(16)18)22-19(29)17-13-6-5-7-15(13)30-20(17)28-11-21-25-26-28/h3-4,8-9,11-12,14H,5-7,10H2,1-2H3,(H,22,29)/t14-/m1/s1. The van der Waals surface area contributed by atoms with Crippen LogP contribution in [0.3, 0.4) is 0 Å². The molecular weight excluding hydrogens is 400 g/mol. The number of tetrazole rings is 1. The Labute approximate surface area is 177 Å². The molecular formula is C20H22N8OS. The molecule has 0 saturated heterocycles. The third kappa shape index (κ3) is 3.26. The van der Waals surface area contributed by atoms with Gasteiger partial charge in [0.05, 0.1) is 11.6 Å². The highest BCUT2D eigenvalue weighted by Crippen LogP contribution is 2.37. The van der Waals surface area contributed by atoms with E-state index in [1.807, 2.05) is 28.8 Å². The van der Waals surface area contributed by atoms with Gasteiger partial charge in [0.1, 0.15) is 11.3 Å². The molecule has 5 rings (SSSR count). The third-order valence-corrected chi connectivity index (χ3v) is 6.63. The molecule has 0 saturated carbocycles. The Morgan fingerprint density at radius 3 is 2.97 bits per heavy atom. The molecule has 1 aliphatic carbocycles. The van der Waals surface area contributed by atoms with Gasteiger partial charge in [0.15, 0.2) is 11.5 Å². The van der Waals surface area contributed by atoms with Gasteiger partial charge in [0.25, 0.3) is 5.91 Å². The molecule has 0 aliphatic heterocycles. The lowest BCUT2D eigenvalue weighted by Crippen LogP contribution is -2.32. The normalized spacial score (nSPS) is 14.4. The van der Waals surface area contributed by atoms with Gasteiger partial charge in [-0.05, 0) is 59.7 Å². The molecule has 10 heteroatoms. The zero-order valence-corrected chi connectivity index (χ0v) is 17.6. The number of rotatable bonds is 6. The summed E-state index contributed by atoms with van der Waals surface area (Å²) in [7, 11) is 0. The summed E-state index contributed by atoms with van der Waals surface area (Å²) in [5.74, 6) is 1.00. The van der Waals surface area contributed by atoms with Gasteiger partial charge in [-0.2, -0.15) is 4.68 Å². The number of nitrogens with zero attached hydrogens (tertiary/aromatic N) is 7. The highest BCUT2D eigenvalue weighted by molar-refractivity contribution is 7.15. The fraction of sp³-hybridized carbons (Fsp3) is 0.400. The molecule has 0 aromatic carbocycles. The fourth-order valence-electron chi connectivity index (χ4n) is 4.07. The Balaban J connectivity index is 1.53. The molecule has 0 bridgehead atoms. The highest BCUT2D eigenvalue weighted by atomic mass is 32.1. The number of hydrogen-bond acceptors (Lipinski definition) is 7. The average molecular weight is 423 g/mol. The van der Waals surface area contributed by atoms with E-state index in [1.54, 1.807) is 16.0 Å². The van der Waals surface area contributed by atoms with E-state index in [4.69, 9.17) is 0 Å². The monoisotopic (exact) mass is 422 g/mol. The maximum atomic E-state index is 13.6. The number of hydrogen-bond donors (Lipinski definition) is 1. The van der Waals surface area contributed by atoms with Gasteiger partial charge < -0.3 is 5.32 Å². The number of aromatic nitrogens is 7. The van der Waals surface area contributed by atoms with Crippen molar-refractivity contribution in [3.63, 3.8) is 0 Å². The minimum absolute atomic E-state index is 0.113. The summed E-state index contributed by atoms with van der Waals surface area (Å²) in [6.45, 7) is 4.27. The zero-order valence-electron chi connectivity index (χ0n) is 16.8. The van der Waals surface area contributed by atoms with Crippen LogP contribution in [0.25, 0.3) is 10.6 Å². The van der Waals surface area contributed by atoms with E-state index < -0.39 is 0 Å². The molecule has 1 amide bonds. The number of amides is 1. The van der Waals surface area contributed by atoms with Crippen LogP contribution in [-0.4, -0.2) is 40.7 Å². The third-order valence-electron chi connectivity index (χ3n) is 5.35. The number of carbonyl (C=O) groups excluding carboxylic acids is 1. The Morgan fingerprint density at radius 2 is 2.17 bits per heavy atom. The van der Waals surface area contributed by atoms with E-state index in [9.17, 15) is 4.79 Å². The van der Waals surface area contributed by atoms with Crippen molar-refractivity contribution < 1.29 is 4.79 Å². The van der Waals surface area contributed by atoms with Crippen molar-refractivity contribution in [3.05, 3.63) is 52.6 Å². The van der Waals surface area contributed by atoms with E-state index in [0.29, 0.717) is 11.5 Å². The molecule has 0 unspecified atom stereocenters. The maximum Gasteiger partial charge on any atom is 0.255 e. The van der Waals surface area contributed by atoms with Gasteiger partial charge in [-0.25, -0.2) is 0 Å². The van der Waals surface area contributed by atoms with E-state index in [1.165, 1.54) is 11.2 Å². The first-order chi connectivity index (χ1) is 14.6. The molecule has 4 aromatic heterocycles. The van der Waals surface area contributed by atoms with Gasteiger partial charge in [-0.1, -0.05) is 19.9 Å². The predicted molar refractivity (Wildman–Crippen MR) is 112 cm³/mol. The summed E-state index contributed by atoms with van der Waals surface area (Å²) in [6.07, 6.45) is 7.19. The molecule has 4 heterocycles. The lowest BCUT2D eigenvalue weighted by Gasteiger charge is -2.20.